The maximum Gasteiger partial charge on any atom is 0.253 e. The third-order valence-electron chi connectivity index (χ3n) is 8.34. The minimum atomic E-state index is -0.0495. The van der Waals surface area contributed by atoms with E-state index in [0.29, 0.717) is 24.2 Å². The number of carbonyl (C=O) groups excluding carboxylic acids is 1. The number of nitrogens with zero attached hydrogens (tertiary/aromatic N) is 4. The Balaban J connectivity index is 1.37. The Hall–Kier alpha value is -2.87. The molecular formula is C35H53N5O2. The van der Waals surface area contributed by atoms with Gasteiger partial charge in [0.05, 0.1) is 17.2 Å². The number of rotatable bonds is 14. The highest BCUT2D eigenvalue weighted by atomic mass is 16.5. The summed E-state index contributed by atoms with van der Waals surface area (Å²) in [6.07, 6.45) is 3.11. The molecule has 1 amide bonds. The minimum Gasteiger partial charge on any atom is -0.489 e. The van der Waals surface area contributed by atoms with Gasteiger partial charge in [-0.3, -0.25) is 14.6 Å². The van der Waals surface area contributed by atoms with E-state index in [0.717, 1.165) is 81.0 Å². The molecule has 0 aliphatic carbocycles. The molecule has 7 heteroatoms. The van der Waals surface area contributed by atoms with E-state index in [2.05, 4.69) is 77.4 Å². The van der Waals surface area contributed by atoms with Crippen molar-refractivity contribution in [2.24, 2.45) is 0 Å². The van der Waals surface area contributed by atoms with Crippen LogP contribution in [0, 0.1) is 6.92 Å². The van der Waals surface area contributed by atoms with Crippen molar-refractivity contribution in [3.63, 3.8) is 0 Å². The van der Waals surface area contributed by atoms with E-state index >= 15 is 0 Å². The molecule has 2 heterocycles. The lowest BCUT2D eigenvalue weighted by atomic mass is 10.1. The SMILES string of the molecule is Cc1cccc(CNC(=O)c2cn(CCCN3CCN(CCN(C(C)C)C(C)C)CC3)c3c(OC(C)C)cccc23)c1. The fourth-order valence-corrected chi connectivity index (χ4v) is 6.20. The molecule has 3 aromatic rings. The van der Waals surface area contributed by atoms with Crippen LogP contribution in [0.15, 0.2) is 48.7 Å². The molecule has 0 unspecified atom stereocenters. The van der Waals surface area contributed by atoms with Gasteiger partial charge in [-0.15, -0.1) is 0 Å². The Kier molecular flexibility index (Phi) is 11.5. The molecule has 7 nitrogen and oxygen atoms in total. The van der Waals surface area contributed by atoms with Crippen LogP contribution in [0.3, 0.4) is 0 Å². The van der Waals surface area contributed by atoms with Gasteiger partial charge in [-0.25, -0.2) is 0 Å². The van der Waals surface area contributed by atoms with Crippen LogP contribution in [0.2, 0.25) is 0 Å². The zero-order chi connectivity index (χ0) is 30.2. The Bertz CT molecular complexity index is 1280. The van der Waals surface area contributed by atoms with E-state index in [1.807, 2.05) is 44.3 Å². The Morgan fingerprint density at radius 3 is 2.21 bits per heavy atom. The van der Waals surface area contributed by atoms with Gasteiger partial charge in [0.15, 0.2) is 0 Å². The normalized spacial score (nSPS) is 15.0. The number of hydrogen-bond acceptors (Lipinski definition) is 5. The van der Waals surface area contributed by atoms with Crippen LogP contribution in [0.4, 0.5) is 0 Å². The second kappa shape index (κ2) is 15.0. The average Bonchev–Trinajstić information content (AvgIpc) is 3.32. The number of ether oxygens (including phenoxy) is 1. The summed E-state index contributed by atoms with van der Waals surface area (Å²) in [6, 6.07) is 15.5. The van der Waals surface area contributed by atoms with Crippen LogP contribution in [-0.4, -0.2) is 89.2 Å². The molecule has 2 aromatic carbocycles. The number of piperazine rings is 1. The van der Waals surface area contributed by atoms with Gasteiger partial charge in [-0.2, -0.15) is 0 Å². The maximum atomic E-state index is 13.4. The van der Waals surface area contributed by atoms with E-state index in [9.17, 15) is 4.79 Å². The van der Waals surface area contributed by atoms with Crippen LogP contribution < -0.4 is 10.1 Å². The standard InChI is InChI=1S/C35H53N5O2/c1-26(2)40(27(3)4)22-21-38-19-17-37(18-20-38)15-10-16-39-25-32(31-13-9-14-33(34(31)39)42-28(5)6)35(41)36-24-30-12-8-11-29(7)23-30/h8-9,11-14,23,25-28H,10,15-22,24H2,1-7H3,(H,36,41). The van der Waals surface area contributed by atoms with Crippen LogP contribution in [0.5, 0.6) is 5.75 Å². The van der Waals surface area contributed by atoms with Crippen molar-refractivity contribution in [3.05, 3.63) is 65.4 Å². The van der Waals surface area contributed by atoms with Crippen molar-refractivity contribution in [2.75, 3.05) is 45.8 Å². The number of para-hydroxylation sites is 1. The van der Waals surface area contributed by atoms with Crippen molar-refractivity contribution < 1.29 is 9.53 Å². The number of amides is 1. The fraction of sp³-hybridized carbons (Fsp3) is 0.571. The molecule has 1 aliphatic heterocycles. The molecule has 1 saturated heterocycles. The first kappa shape index (κ1) is 32.1. The lowest BCUT2D eigenvalue weighted by Crippen LogP contribution is -2.50. The van der Waals surface area contributed by atoms with Crippen LogP contribution >= 0.6 is 0 Å². The fourth-order valence-electron chi connectivity index (χ4n) is 6.20. The number of nitrogens with one attached hydrogen (secondary N) is 1. The molecule has 0 spiro atoms. The highest BCUT2D eigenvalue weighted by molar-refractivity contribution is 6.08. The average molecular weight is 576 g/mol. The second-order valence-electron chi connectivity index (χ2n) is 12.7. The first-order valence-electron chi connectivity index (χ1n) is 15.9. The van der Waals surface area contributed by atoms with Crippen molar-refractivity contribution in [1.82, 2.24) is 24.6 Å². The molecule has 230 valence electrons. The third-order valence-corrected chi connectivity index (χ3v) is 8.34. The zero-order valence-electron chi connectivity index (χ0n) is 27.0. The predicted octanol–water partition coefficient (Wildman–Crippen LogP) is 5.79. The summed E-state index contributed by atoms with van der Waals surface area (Å²) >= 11 is 0. The van der Waals surface area contributed by atoms with Crippen LogP contribution in [0.25, 0.3) is 10.9 Å². The van der Waals surface area contributed by atoms with E-state index in [4.69, 9.17) is 4.74 Å². The number of aromatic nitrogens is 1. The molecule has 0 saturated carbocycles. The minimum absolute atomic E-state index is 0.0495. The summed E-state index contributed by atoms with van der Waals surface area (Å²) < 4.78 is 8.44. The van der Waals surface area contributed by atoms with Crippen molar-refractivity contribution >= 4 is 16.8 Å². The largest absolute Gasteiger partial charge is 0.489 e. The van der Waals surface area contributed by atoms with Crippen molar-refractivity contribution in [3.8, 4) is 5.75 Å². The summed E-state index contributed by atoms with van der Waals surface area (Å²) in [6.45, 7) is 24.5. The Morgan fingerprint density at radius 1 is 0.905 bits per heavy atom. The molecular weight excluding hydrogens is 522 g/mol. The first-order valence-corrected chi connectivity index (χ1v) is 15.9. The second-order valence-corrected chi connectivity index (χ2v) is 12.7. The van der Waals surface area contributed by atoms with E-state index in [-0.39, 0.29) is 12.0 Å². The van der Waals surface area contributed by atoms with Gasteiger partial charge in [-0.1, -0.05) is 42.0 Å². The topological polar surface area (TPSA) is 53.0 Å². The highest BCUT2D eigenvalue weighted by Crippen LogP contribution is 2.31. The van der Waals surface area contributed by atoms with Gasteiger partial charge in [-0.05, 0) is 73.1 Å². The van der Waals surface area contributed by atoms with Gasteiger partial charge >= 0.3 is 0 Å². The maximum absolute atomic E-state index is 13.4. The van der Waals surface area contributed by atoms with E-state index < -0.39 is 0 Å². The first-order chi connectivity index (χ1) is 20.1. The summed E-state index contributed by atoms with van der Waals surface area (Å²) in [7, 11) is 0. The van der Waals surface area contributed by atoms with E-state index in [1.165, 1.54) is 5.56 Å². The van der Waals surface area contributed by atoms with Crippen LogP contribution in [0.1, 0.15) is 69.4 Å². The molecule has 1 N–H and O–H groups in total. The van der Waals surface area contributed by atoms with E-state index in [1.54, 1.807) is 0 Å². The summed E-state index contributed by atoms with van der Waals surface area (Å²) in [5, 5.41) is 4.09. The molecule has 0 radical (unpaired) electrons. The molecule has 42 heavy (non-hydrogen) atoms. The van der Waals surface area contributed by atoms with Gasteiger partial charge in [0.25, 0.3) is 5.91 Å². The van der Waals surface area contributed by atoms with Crippen molar-refractivity contribution in [1.29, 1.82) is 0 Å². The predicted molar refractivity (Wildman–Crippen MR) is 175 cm³/mol. The molecule has 1 aromatic heterocycles. The summed E-state index contributed by atoms with van der Waals surface area (Å²) in [4.78, 5) is 21.2. The Morgan fingerprint density at radius 2 is 1.57 bits per heavy atom. The van der Waals surface area contributed by atoms with Gasteiger partial charge in [0.1, 0.15) is 5.75 Å². The summed E-state index contributed by atoms with van der Waals surface area (Å²) in [5.74, 6) is 0.789. The third kappa shape index (κ3) is 8.59. The highest BCUT2D eigenvalue weighted by Gasteiger charge is 2.21. The molecule has 4 rings (SSSR count). The van der Waals surface area contributed by atoms with Gasteiger partial charge < -0.3 is 19.5 Å². The zero-order valence-corrected chi connectivity index (χ0v) is 27.0. The monoisotopic (exact) mass is 575 g/mol. The van der Waals surface area contributed by atoms with Crippen molar-refractivity contribution in [2.45, 2.75) is 86.2 Å². The Labute approximate surface area is 253 Å². The van der Waals surface area contributed by atoms with Gasteiger partial charge in [0, 0.05) is 76.0 Å². The number of benzene rings is 2. The summed E-state index contributed by atoms with van der Waals surface area (Å²) in [5.41, 5.74) is 4.02. The quantitative estimate of drug-likeness (QED) is 0.264. The molecule has 0 bridgehead atoms. The smallest absolute Gasteiger partial charge is 0.253 e. The lowest BCUT2D eigenvalue weighted by molar-refractivity contribution is 0.0952. The van der Waals surface area contributed by atoms with Gasteiger partial charge in [0.2, 0.25) is 0 Å². The molecule has 0 atom stereocenters. The number of hydrogen-bond donors (Lipinski definition) is 1. The number of fused-ring (bicyclic) bond motifs is 1. The number of carbonyl (C=O) groups is 1. The molecule has 1 fully saturated rings. The lowest BCUT2D eigenvalue weighted by Gasteiger charge is -2.37. The molecule has 1 aliphatic rings. The van der Waals surface area contributed by atoms with Crippen LogP contribution in [-0.2, 0) is 13.1 Å². The number of aryl methyl sites for hydroxylation is 2.